The lowest BCUT2D eigenvalue weighted by Gasteiger charge is -2.34. The number of carboxylic acids is 1. The highest BCUT2D eigenvalue weighted by atomic mass is 19.4. The Morgan fingerprint density at radius 3 is 2.17 bits per heavy atom. The normalized spacial score (nSPS) is 17.2. The van der Waals surface area contributed by atoms with E-state index in [4.69, 9.17) is 5.11 Å². The van der Waals surface area contributed by atoms with Gasteiger partial charge in [0.05, 0.1) is 6.42 Å². The van der Waals surface area contributed by atoms with Crippen molar-refractivity contribution in [2.24, 2.45) is 0 Å². The molecule has 1 aliphatic heterocycles. The van der Waals surface area contributed by atoms with Gasteiger partial charge in [0.1, 0.15) is 5.75 Å². The standard InChI is InChI=1S/C15H19F3N2O3/c16-15(17,18)23-13-3-1-12(2-4-13)11-20-9-7-19(8-10-20)6-5-14(21)22/h1-4H,5-11H2,(H,21,22). The van der Waals surface area contributed by atoms with Gasteiger partial charge >= 0.3 is 12.3 Å². The van der Waals surface area contributed by atoms with E-state index in [2.05, 4.69) is 14.5 Å². The average Bonchev–Trinajstić information content (AvgIpc) is 2.47. The molecule has 1 aromatic rings. The number of ether oxygens (including phenoxy) is 1. The molecule has 1 aliphatic rings. The fourth-order valence-corrected chi connectivity index (χ4v) is 2.48. The van der Waals surface area contributed by atoms with E-state index in [1.807, 2.05) is 0 Å². The summed E-state index contributed by atoms with van der Waals surface area (Å²) in [6.07, 6.45) is -4.53. The first-order valence-corrected chi connectivity index (χ1v) is 7.33. The van der Waals surface area contributed by atoms with Crippen molar-refractivity contribution in [2.75, 3.05) is 32.7 Å². The number of piperazine rings is 1. The van der Waals surface area contributed by atoms with E-state index < -0.39 is 12.3 Å². The quantitative estimate of drug-likeness (QED) is 0.865. The van der Waals surface area contributed by atoms with E-state index in [9.17, 15) is 18.0 Å². The minimum atomic E-state index is -4.67. The van der Waals surface area contributed by atoms with Crippen LogP contribution in [-0.4, -0.2) is 60.0 Å². The van der Waals surface area contributed by atoms with Crippen molar-refractivity contribution < 1.29 is 27.8 Å². The van der Waals surface area contributed by atoms with Crippen molar-refractivity contribution in [3.8, 4) is 5.75 Å². The summed E-state index contributed by atoms with van der Waals surface area (Å²) < 4.78 is 40.1. The Morgan fingerprint density at radius 1 is 1.09 bits per heavy atom. The van der Waals surface area contributed by atoms with Gasteiger partial charge in [0.15, 0.2) is 0 Å². The molecule has 128 valence electrons. The number of halogens is 3. The van der Waals surface area contributed by atoms with Gasteiger partial charge in [-0.2, -0.15) is 0 Å². The van der Waals surface area contributed by atoms with Crippen LogP contribution < -0.4 is 4.74 Å². The summed E-state index contributed by atoms with van der Waals surface area (Å²) in [5.41, 5.74) is 0.915. The zero-order valence-corrected chi connectivity index (χ0v) is 12.6. The van der Waals surface area contributed by atoms with Crippen molar-refractivity contribution in [3.05, 3.63) is 29.8 Å². The first-order chi connectivity index (χ1) is 10.8. The summed E-state index contributed by atoms with van der Waals surface area (Å²) in [6.45, 7) is 4.40. The van der Waals surface area contributed by atoms with Crippen LogP contribution in [0.5, 0.6) is 5.75 Å². The maximum absolute atomic E-state index is 12.1. The number of carbonyl (C=O) groups is 1. The van der Waals surface area contributed by atoms with Crippen LogP contribution in [0.1, 0.15) is 12.0 Å². The van der Waals surface area contributed by atoms with Crippen molar-refractivity contribution >= 4 is 5.97 Å². The molecule has 0 aliphatic carbocycles. The van der Waals surface area contributed by atoms with Gasteiger partial charge in [-0.3, -0.25) is 9.69 Å². The van der Waals surface area contributed by atoms with Gasteiger partial charge < -0.3 is 14.7 Å². The fourth-order valence-electron chi connectivity index (χ4n) is 2.48. The number of hydrogen-bond donors (Lipinski definition) is 1. The second-order valence-electron chi connectivity index (χ2n) is 5.45. The Kier molecular flexibility index (Phi) is 5.84. The third kappa shape index (κ3) is 6.45. The number of nitrogens with zero attached hydrogens (tertiary/aromatic N) is 2. The maximum atomic E-state index is 12.1. The Bertz CT molecular complexity index is 512. The largest absolute Gasteiger partial charge is 0.573 e. The van der Waals surface area contributed by atoms with Crippen LogP contribution in [-0.2, 0) is 11.3 Å². The molecule has 0 aromatic heterocycles. The Labute approximate surface area is 132 Å². The highest BCUT2D eigenvalue weighted by Crippen LogP contribution is 2.23. The molecule has 0 bridgehead atoms. The molecule has 0 spiro atoms. The van der Waals surface area contributed by atoms with Crippen LogP contribution in [0.15, 0.2) is 24.3 Å². The molecule has 1 heterocycles. The summed E-state index contributed by atoms with van der Waals surface area (Å²) in [6, 6.07) is 5.87. The summed E-state index contributed by atoms with van der Waals surface area (Å²) >= 11 is 0. The molecule has 23 heavy (non-hydrogen) atoms. The van der Waals surface area contributed by atoms with Gasteiger partial charge in [0, 0.05) is 39.3 Å². The molecule has 1 saturated heterocycles. The molecule has 0 unspecified atom stereocenters. The molecule has 5 nitrogen and oxygen atoms in total. The van der Waals surface area contributed by atoms with Gasteiger partial charge in [-0.05, 0) is 17.7 Å². The van der Waals surface area contributed by atoms with Crippen LogP contribution >= 0.6 is 0 Å². The highest BCUT2D eigenvalue weighted by Gasteiger charge is 2.31. The number of hydrogen-bond acceptors (Lipinski definition) is 4. The molecular formula is C15H19F3N2O3. The van der Waals surface area contributed by atoms with Gasteiger partial charge in [-0.25, -0.2) is 0 Å². The zero-order chi connectivity index (χ0) is 16.9. The average molecular weight is 332 g/mol. The van der Waals surface area contributed by atoms with Crippen LogP contribution in [0.25, 0.3) is 0 Å². The van der Waals surface area contributed by atoms with Gasteiger partial charge in [0.2, 0.25) is 0 Å². The van der Waals surface area contributed by atoms with Crippen molar-refractivity contribution in [1.29, 1.82) is 0 Å². The molecule has 0 amide bonds. The third-order valence-corrected chi connectivity index (χ3v) is 3.67. The van der Waals surface area contributed by atoms with Gasteiger partial charge in [0.25, 0.3) is 0 Å². The number of alkyl halides is 3. The number of carboxylic acid groups (broad SMARTS) is 1. The number of aliphatic carboxylic acids is 1. The van der Waals surface area contributed by atoms with Gasteiger partial charge in [-0.1, -0.05) is 12.1 Å². The molecule has 0 radical (unpaired) electrons. The summed E-state index contributed by atoms with van der Waals surface area (Å²) in [4.78, 5) is 14.8. The van der Waals surface area contributed by atoms with Crippen LogP contribution in [0, 0.1) is 0 Å². The predicted octanol–water partition coefficient (Wildman–Crippen LogP) is 2.18. The second kappa shape index (κ2) is 7.65. The van der Waals surface area contributed by atoms with E-state index in [-0.39, 0.29) is 12.2 Å². The molecule has 0 atom stereocenters. The van der Waals surface area contributed by atoms with Crippen LogP contribution in [0.2, 0.25) is 0 Å². The monoisotopic (exact) mass is 332 g/mol. The Morgan fingerprint density at radius 2 is 1.65 bits per heavy atom. The maximum Gasteiger partial charge on any atom is 0.573 e. The molecule has 0 saturated carbocycles. The minimum absolute atomic E-state index is 0.140. The minimum Gasteiger partial charge on any atom is -0.481 e. The van der Waals surface area contributed by atoms with E-state index in [0.717, 1.165) is 31.7 Å². The lowest BCUT2D eigenvalue weighted by atomic mass is 10.2. The SMILES string of the molecule is O=C(O)CCN1CCN(Cc2ccc(OC(F)(F)F)cc2)CC1. The van der Waals surface area contributed by atoms with Crippen molar-refractivity contribution in [1.82, 2.24) is 9.80 Å². The Balaban J connectivity index is 1.77. The summed E-state index contributed by atoms with van der Waals surface area (Å²) in [5, 5.41) is 8.67. The van der Waals surface area contributed by atoms with Gasteiger partial charge in [-0.15, -0.1) is 13.2 Å². The smallest absolute Gasteiger partial charge is 0.481 e. The summed E-state index contributed by atoms with van der Waals surface area (Å²) in [7, 11) is 0. The summed E-state index contributed by atoms with van der Waals surface area (Å²) in [5.74, 6) is -1.02. The number of rotatable bonds is 6. The first kappa shape index (κ1) is 17.6. The van der Waals surface area contributed by atoms with E-state index in [0.29, 0.717) is 13.1 Å². The highest BCUT2D eigenvalue weighted by molar-refractivity contribution is 5.66. The van der Waals surface area contributed by atoms with E-state index in [1.165, 1.54) is 12.1 Å². The lowest BCUT2D eigenvalue weighted by molar-refractivity contribution is -0.274. The molecule has 1 fully saturated rings. The number of benzene rings is 1. The second-order valence-corrected chi connectivity index (χ2v) is 5.45. The molecule has 1 aromatic carbocycles. The third-order valence-electron chi connectivity index (χ3n) is 3.67. The molecular weight excluding hydrogens is 313 g/mol. The van der Waals surface area contributed by atoms with Crippen LogP contribution in [0.3, 0.4) is 0 Å². The fraction of sp³-hybridized carbons (Fsp3) is 0.533. The van der Waals surface area contributed by atoms with Crippen LogP contribution in [0.4, 0.5) is 13.2 Å². The van der Waals surface area contributed by atoms with Crippen molar-refractivity contribution in [2.45, 2.75) is 19.3 Å². The zero-order valence-electron chi connectivity index (χ0n) is 12.6. The predicted molar refractivity (Wildman–Crippen MR) is 77.1 cm³/mol. The molecule has 8 heteroatoms. The first-order valence-electron chi connectivity index (χ1n) is 7.33. The molecule has 2 rings (SSSR count). The van der Waals surface area contributed by atoms with E-state index >= 15 is 0 Å². The lowest BCUT2D eigenvalue weighted by Crippen LogP contribution is -2.46. The Hall–Kier alpha value is -1.80. The topological polar surface area (TPSA) is 53.0 Å². The molecule has 1 N–H and O–H groups in total. The van der Waals surface area contributed by atoms with Crippen molar-refractivity contribution in [3.63, 3.8) is 0 Å². The van der Waals surface area contributed by atoms with E-state index in [1.54, 1.807) is 12.1 Å².